The van der Waals surface area contributed by atoms with Gasteiger partial charge >= 0.3 is 0 Å². The van der Waals surface area contributed by atoms with Crippen molar-refractivity contribution in [2.24, 2.45) is 0 Å². The molecule has 3 amide bonds. The number of hydrogen-bond acceptors (Lipinski definition) is 5. The van der Waals surface area contributed by atoms with Crippen LogP contribution in [0.4, 0.5) is 17.1 Å². The molecule has 2 aromatic rings. The van der Waals surface area contributed by atoms with Crippen molar-refractivity contribution in [2.45, 2.75) is 12.8 Å². The van der Waals surface area contributed by atoms with Crippen molar-refractivity contribution in [3.8, 4) is 0 Å². The van der Waals surface area contributed by atoms with Crippen LogP contribution in [0.15, 0.2) is 42.5 Å². The lowest BCUT2D eigenvalue weighted by molar-refractivity contribution is -0.118. The van der Waals surface area contributed by atoms with Gasteiger partial charge in [-0.3, -0.25) is 19.3 Å². The Labute approximate surface area is 174 Å². The molecule has 0 aliphatic carbocycles. The second kappa shape index (κ2) is 9.06. The number of ether oxygens (including phenoxy) is 1. The van der Waals surface area contributed by atoms with Crippen LogP contribution in [0.1, 0.15) is 22.3 Å². The SMILES string of the molecule is O=C(CN1CCOCC1)Nc1ccc(NC(=O)c2ccc3c(c2)CCC(=O)N3)cc1. The largest absolute Gasteiger partial charge is 0.379 e. The number of morpholine rings is 1. The third kappa shape index (κ3) is 5.03. The minimum atomic E-state index is -0.223. The van der Waals surface area contributed by atoms with Crippen molar-refractivity contribution in [3.63, 3.8) is 0 Å². The summed E-state index contributed by atoms with van der Waals surface area (Å²) in [6.07, 6.45) is 1.05. The number of aryl methyl sites for hydroxylation is 1. The van der Waals surface area contributed by atoms with Gasteiger partial charge in [-0.1, -0.05) is 0 Å². The predicted octanol–water partition coefficient (Wildman–Crippen LogP) is 2.09. The molecule has 0 saturated carbocycles. The topological polar surface area (TPSA) is 99.8 Å². The first kappa shape index (κ1) is 20.1. The minimum Gasteiger partial charge on any atom is -0.379 e. The maximum atomic E-state index is 12.6. The van der Waals surface area contributed by atoms with Crippen LogP contribution in [0.3, 0.4) is 0 Å². The summed E-state index contributed by atoms with van der Waals surface area (Å²) in [5.41, 5.74) is 3.57. The molecule has 2 aliphatic heterocycles. The molecule has 3 N–H and O–H groups in total. The highest BCUT2D eigenvalue weighted by molar-refractivity contribution is 6.05. The fourth-order valence-corrected chi connectivity index (χ4v) is 3.53. The van der Waals surface area contributed by atoms with Crippen LogP contribution in [0, 0.1) is 0 Å². The lowest BCUT2D eigenvalue weighted by Crippen LogP contribution is -2.41. The molecular formula is C22H24N4O4. The zero-order valence-corrected chi connectivity index (χ0v) is 16.6. The summed E-state index contributed by atoms with van der Waals surface area (Å²) in [6.45, 7) is 3.16. The normalized spacial score (nSPS) is 16.3. The molecule has 1 saturated heterocycles. The quantitative estimate of drug-likeness (QED) is 0.704. The summed E-state index contributed by atoms with van der Waals surface area (Å²) in [7, 11) is 0. The van der Waals surface area contributed by atoms with E-state index in [0.717, 1.165) is 24.3 Å². The molecule has 2 heterocycles. The van der Waals surface area contributed by atoms with E-state index in [4.69, 9.17) is 4.74 Å². The van der Waals surface area contributed by atoms with Crippen molar-refractivity contribution in [1.82, 2.24) is 4.90 Å². The molecule has 2 aromatic carbocycles. The van der Waals surface area contributed by atoms with Gasteiger partial charge in [-0.05, 0) is 54.4 Å². The molecule has 0 aromatic heterocycles. The Bertz CT molecular complexity index is 952. The number of nitrogens with one attached hydrogen (secondary N) is 3. The maximum Gasteiger partial charge on any atom is 0.255 e. The molecule has 0 atom stereocenters. The second-order valence-corrected chi connectivity index (χ2v) is 7.39. The number of benzene rings is 2. The van der Waals surface area contributed by atoms with Gasteiger partial charge in [0, 0.05) is 42.1 Å². The van der Waals surface area contributed by atoms with Crippen LogP contribution in [-0.2, 0) is 20.7 Å². The summed E-state index contributed by atoms with van der Waals surface area (Å²) in [6, 6.07) is 12.3. The fraction of sp³-hybridized carbons (Fsp3) is 0.318. The molecule has 1 fully saturated rings. The van der Waals surface area contributed by atoms with Gasteiger partial charge in [-0.25, -0.2) is 0 Å². The van der Waals surface area contributed by atoms with Crippen molar-refractivity contribution < 1.29 is 19.1 Å². The molecule has 4 rings (SSSR count). The zero-order chi connectivity index (χ0) is 20.9. The summed E-state index contributed by atoms with van der Waals surface area (Å²) in [5, 5.41) is 8.54. The number of amides is 3. The van der Waals surface area contributed by atoms with E-state index in [1.54, 1.807) is 36.4 Å². The fourth-order valence-electron chi connectivity index (χ4n) is 3.53. The lowest BCUT2D eigenvalue weighted by Gasteiger charge is -2.25. The van der Waals surface area contributed by atoms with Crippen LogP contribution >= 0.6 is 0 Å². The number of carbonyl (C=O) groups excluding carboxylic acids is 3. The summed E-state index contributed by atoms with van der Waals surface area (Å²) in [4.78, 5) is 38.2. The standard InChI is InChI=1S/C22H24N4O4/c27-20-8-2-15-13-16(1-7-19(15)25-20)22(29)24-18-5-3-17(4-6-18)23-21(28)14-26-9-11-30-12-10-26/h1,3-7,13H,2,8-12,14H2,(H,23,28)(H,24,29)(H,25,27). The van der Waals surface area contributed by atoms with Crippen molar-refractivity contribution in [3.05, 3.63) is 53.6 Å². The van der Waals surface area contributed by atoms with Crippen LogP contribution in [0.25, 0.3) is 0 Å². The molecule has 0 unspecified atom stereocenters. The highest BCUT2D eigenvalue weighted by Crippen LogP contribution is 2.24. The van der Waals surface area contributed by atoms with Crippen LogP contribution in [-0.4, -0.2) is 55.5 Å². The Morgan fingerprint density at radius 1 is 0.967 bits per heavy atom. The smallest absolute Gasteiger partial charge is 0.255 e. The second-order valence-electron chi connectivity index (χ2n) is 7.39. The highest BCUT2D eigenvalue weighted by atomic mass is 16.5. The minimum absolute atomic E-state index is 0.00294. The molecule has 0 spiro atoms. The van der Waals surface area contributed by atoms with Gasteiger partial charge in [-0.15, -0.1) is 0 Å². The molecule has 2 aliphatic rings. The Morgan fingerprint density at radius 2 is 1.67 bits per heavy atom. The van der Waals surface area contributed by atoms with Gasteiger partial charge in [0.25, 0.3) is 5.91 Å². The first-order valence-corrected chi connectivity index (χ1v) is 10.0. The Balaban J connectivity index is 1.32. The first-order chi connectivity index (χ1) is 14.6. The van der Waals surface area contributed by atoms with Crippen molar-refractivity contribution in [1.29, 1.82) is 0 Å². The van der Waals surface area contributed by atoms with Crippen molar-refractivity contribution in [2.75, 3.05) is 48.8 Å². The van der Waals surface area contributed by atoms with Crippen molar-refractivity contribution >= 4 is 34.8 Å². The number of fused-ring (bicyclic) bond motifs is 1. The van der Waals surface area contributed by atoms with E-state index in [-0.39, 0.29) is 17.7 Å². The van der Waals surface area contributed by atoms with E-state index >= 15 is 0 Å². The van der Waals surface area contributed by atoms with E-state index in [0.29, 0.717) is 49.5 Å². The van der Waals surface area contributed by atoms with Crippen LogP contribution < -0.4 is 16.0 Å². The molecule has 30 heavy (non-hydrogen) atoms. The third-order valence-corrected chi connectivity index (χ3v) is 5.16. The molecule has 156 valence electrons. The summed E-state index contributed by atoms with van der Waals surface area (Å²) in [5.74, 6) is -0.300. The Kier molecular flexibility index (Phi) is 6.06. The maximum absolute atomic E-state index is 12.6. The molecule has 0 radical (unpaired) electrons. The van der Waals surface area contributed by atoms with Gasteiger partial charge < -0.3 is 20.7 Å². The van der Waals surface area contributed by atoms with Gasteiger partial charge in [-0.2, -0.15) is 0 Å². The van der Waals surface area contributed by atoms with Gasteiger partial charge in [0.2, 0.25) is 11.8 Å². The average Bonchev–Trinajstić information content (AvgIpc) is 2.75. The highest BCUT2D eigenvalue weighted by Gasteiger charge is 2.17. The van der Waals surface area contributed by atoms with Crippen LogP contribution in [0.5, 0.6) is 0 Å². The number of anilines is 3. The zero-order valence-electron chi connectivity index (χ0n) is 16.6. The number of hydrogen-bond donors (Lipinski definition) is 3. The average molecular weight is 408 g/mol. The molecule has 8 heteroatoms. The molecule has 0 bridgehead atoms. The first-order valence-electron chi connectivity index (χ1n) is 10.0. The van der Waals surface area contributed by atoms with E-state index < -0.39 is 0 Å². The molecular weight excluding hydrogens is 384 g/mol. The van der Waals surface area contributed by atoms with E-state index in [9.17, 15) is 14.4 Å². The van der Waals surface area contributed by atoms with Gasteiger partial charge in [0.05, 0.1) is 19.8 Å². The van der Waals surface area contributed by atoms with Gasteiger partial charge in [0.1, 0.15) is 0 Å². The monoisotopic (exact) mass is 408 g/mol. The number of nitrogens with zero attached hydrogens (tertiary/aromatic N) is 1. The summed E-state index contributed by atoms with van der Waals surface area (Å²) >= 11 is 0. The summed E-state index contributed by atoms with van der Waals surface area (Å²) < 4.78 is 5.28. The number of carbonyl (C=O) groups is 3. The lowest BCUT2D eigenvalue weighted by atomic mass is 10.00. The predicted molar refractivity (Wildman–Crippen MR) is 114 cm³/mol. The van der Waals surface area contributed by atoms with Crippen LogP contribution in [0.2, 0.25) is 0 Å². The number of rotatable bonds is 5. The third-order valence-electron chi connectivity index (χ3n) is 5.16. The van der Waals surface area contributed by atoms with E-state index in [1.807, 2.05) is 6.07 Å². The Morgan fingerprint density at radius 3 is 2.40 bits per heavy atom. The van der Waals surface area contributed by atoms with Gasteiger partial charge in [0.15, 0.2) is 0 Å². The Hall–Kier alpha value is -3.23. The van der Waals surface area contributed by atoms with E-state index in [2.05, 4.69) is 20.9 Å². The molecule has 8 nitrogen and oxygen atoms in total. The van der Waals surface area contributed by atoms with E-state index in [1.165, 1.54) is 0 Å².